The predicted octanol–water partition coefficient (Wildman–Crippen LogP) is 0.00676. The van der Waals surface area contributed by atoms with Gasteiger partial charge in [0, 0.05) is 21.4 Å². The Hall–Kier alpha value is -3.92. The van der Waals surface area contributed by atoms with Crippen LogP contribution in [0.1, 0.15) is 11.4 Å². The summed E-state index contributed by atoms with van der Waals surface area (Å²) >= 11 is 0. The van der Waals surface area contributed by atoms with Crippen LogP contribution in [0.3, 0.4) is 0 Å². The smallest absolute Gasteiger partial charge is 0.302 e. The van der Waals surface area contributed by atoms with Gasteiger partial charge in [-0.1, -0.05) is 18.2 Å². The van der Waals surface area contributed by atoms with Gasteiger partial charge >= 0.3 is 11.4 Å². The molecule has 0 radical (unpaired) electrons. The second-order valence-electron chi connectivity index (χ2n) is 4.06. The Balaban J connectivity index is 2.15. The van der Waals surface area contributed by atoms with Crippen LogP contribution in [-0.4, -0.2) is 10.3 Å². The lowest BCUT2D eigenvalue weighted by molar-refractivity contribution is -0.804. The molecule has 0 saturated heterocycles. The van der Waals surface area contributed by atoms with Crippen LogP contribution in [0.2, 0.25) is 0 Å². The number of aromatic nitrogens is 4. The van der Waals surface area contributed by atoms with E-state index in [0.717, 1.165) is 0 Å². The molecule has 0 N–H and O–H groups in total. The van der Waals surface area contributed by atoms with Crippen LogP contribution < -0.4 is 9.81 Å². The molecule has 0 amide bonds. The minimum Gasteiger partial charge on any atom is -0.358 e. The molecule has 1 aromatic carbocycles. The molecule has 10 nitrogen and oxygen atoms in total. The summed E-state index contributed by atoms with van der Waals surface area (Å²) in [5.74, 6) is 0. The van der Waals surface area contributed by atoms with E-state index in [1.54, 1.807) is 30.3 Å². The van der Waals surface area contributed by atoms with Gasteiger partial charge in [0.25, 0.3) is 11.4 Å². The molecule has 0 unspecified atom stereocenters. The molecule has 0 saturated carbocycles. The third-order valence-corrected chi connectivity index (χ3v) is 2.85. The number of hydrogen-bond donors (Lipinski definition) is 0. The molecule has 0 aliphatic heterocycles. The highest BCUT2D eigenvalue weighted by molar-refractivity contribution is 5.72. The SMILES string of the molecule is N#Cc1c(-c2cccc(-c3no[n+]([O-])c3C#N)c2)no[n+]1[O-]. The van der Waals surface area contributed by atoms with Crippen molar-refractivity contribution in [2.45, 2.75) is 0 Å². The molecular weight excluding hydrogens is 292 g/mol. The highest BCUT2D eigenvalue weighted by atomic mass is 16.8. The van der Waals surface area contributed by atoms with Crippen LogP contribution in [0.4, 0.5) is 0 Å². The van der Waals surface area contributed by atoms with Crippen LogP contribution in [0.25, 0.3) is 22.5 Å². The third-order valence-electron chi connectivity index (χ3n) is 2.85. The molecule has 2 aromatic heterocycles. The maximum atomic E-state index is 11.3. The Labute approximate surface area is 121 Å². The van der Waals surface area contributed by atoms with Gasteiger partial charge in [0.1, 0.15) is 0 Å². The van der Waals surface area contributed by atoms with Crippen molar-refractivity contribution >= 4 is 0 Å². The van der Waals surface area contributed by atoms with E-state index in [9.17, 15) is 10.4 Å². The summed E-state index contributed by atoms with van der Waals surface area (Å²) in [6.07, 6.45) is 0. The molecule has 0 aliphatic carbocycles. The second kappa shape index (κ2) is 4.88. The van der Waals surface area contributed by atoms with Crippen LogP contribution in [0, 0.1) is 33.1 Å². The van der Waals surface area contributed by atoms with Crippen molar-refractivity contribution in [3.63, 3.8) is 0 Å². The molecule has 106 valence electrons. The lowest BCUT2D eigenvalue weighted by atomic mass is 10.0. The fourth-order valence-corrected chi connectivity index (χ4v) is 1.88. The summed E-state index contributed by atoms with van der Waals surface area (Å²) in [5, 5.41) is 47.4. The highest BCUT2D eigenvalue weighted by Gasteiger charge is 2.24. The number of benzene rings is 1. The average Bonchev–Trinajstić information content (AvgIpc) is 3.09. The highest BCUT2D eigenvalue weighted by Crippen LogP contribution is 2.26. The van der Waals surface area contributed by atoms with Crippen molar-refractivity contribution in [3.8, 4) is 34.7 Å². The zero-order valence-corrected chi connectivity index (χ0v) is 10.6. The van der Waals surface area contributed by atoms with Crippen LogP contribution in [0.5, 0.6) is 0 Å². The van der Waals surface area contributed by atoms with E-state index >= 15 is 0 Å². The average molecular weight is 296 g/mol. The lowest BCUT2D eigenvalue weighted by Crippen LogP contribution is -2.26. The zero-order valence-electron chi connectivity index (χ0n) is 10.6. The molecule has 0 aliphatic rings. The quantitative estimate of drug-likeness (QED) is 0.599. The van der Waals surface area contributed by atoms with Gasteiger partial charge in [-0.25, -0.2) is 0 Å². The lowest BCUT2D eigenvalue weighted by Gasteiger charge is -1.96. The molecule has 3 rings (SSSR count). The Kier molecular flexibility index (Phi) is 2.90. The van der Waals surface area contributed by atoms with Gasteiger partial charge in [-0.15, -0.1) is 0 Å². The first-order valence-corrected chi connectivity index (χ1v) is 5.76. The van der Waals surface area contributed by atoms with Crippen molar-refractivity contribution in [2.75, 3.05) is 0 Å². The van der Waals surface area contributed by atoms with Crippen molar-refractivity contribution in [3.05, 3.63) is 46.1 Å². The van der Waals surface area contributed by atoms with Gasteiger partial charge < -0.3 is 10.4 Å². The van der Waals surface area contributed by atoms with E-state index in [1.165, 1.54) is 6.07 Å². The third kappa shape index (κ3) is 1.88. The summed E-state index contributed by atoms with van der Waals surface area (Å²) in [7, 11) is 0. The van der Waals surface area contributed by atoms with E-state index in [2.05, 4.69) is 19.6 Å². The Morgan fingerprint density at radius 3 is 1.77 bits per heavy atom. The number of nitrogens with zero attached hydrogens (tertiary/aromatic N) is 6. The summed E-state index contributed by atoms with van der Waals surface area (Å²) in [4.78, 5) is -0.0190. The summed E-state index contributed by atoms with van der Waals surface area (Å²) in [6.45, 7) is 0. The maximum absolute atomic E-state index is 11.3. The van der Waals surface area contributed by atoms with E-state index in [-0.39, 0.29) is 32.6 Å². The van der Waals surface area contributed by atoms with Crippen LogP contribution >= 0.6 is 0 Å². The topological polar surface area (TPSA) is 154 Å². The molecule has 3 aromatic rings. The van der Waals surface area contributed by atoms with Crippen LogP contribution in [-0.2, 0) is 0 Å². The Morgan fingerprint density at radius 2 is 1.36 bits per heavy atom. The monoisotopic (exact) mass is 296 g/mol. The van der Waals surface area contributed by atoms with Gasteiger partial charge in [-0.3, -0.25) is 9.26 Å². The van der Waals surface area contributed by atoms with E-state index in [0.29, 0.717) is 11.1 Å². The van der Waals surface area contributed by atoms with Crippen molar-refractivity contribution in [1.29, 1.82) is 10.5 Å². The van der Waals surface area contributed by atoms with E-state index in [4.69, 9.17) is 10.5 Å². The number of nitriles is 2. The molecule has 2 heterocycles. The van der Waals surface area contributed by atoms with Gasteiger partial charge in [-0.2, -0.15) is 10.5 Å². The standard InChI is InChI=1S/C12H4N6O4/c13-5-9-11(15-21-17(9)19)7-2-1-3-8(4-7)12-10(6-14)18(20)22-16-12/h1-4H. The van der Waals surface area contributed by atoms with Gasteiger partial charge in [-0.05, 0) is 15.9 Å². The molecule has 0 spiro atoms. The van der Waals surface area contributed by atoms with Crippen molar-refractivity contribution in [1.82, 2.24) is 10.3 Å². The van der Waals surface area contributed by atoms with Gasteiger partial charge in [0.05, 0.1) is 0 Å². The fraction of sp³-hybridized carbons (Fsp3) is 0. The predicted molar refractivity (Wildman–Crippen MR) is 64.8 cm³/mol. The van der Waals surface area contributed by atoms with Gasteiger partial charge in [0.2, 0.25) is 0 Å². The minimum absolute atomic E-state index is 0.00951. The van der Waals surface area contributed by atoms with Crippen LogP contribution in [0.15, 0.2) is 33.5 Å². The fourth-order valence-electron chi connectivity index (χ4n) is 1.88. The Morgan fingerprint density at radius 1 is 0.909 bits per heavy atom. The van der Waals surface area contributed by atoms with Crippen molar-refractivity contribution < 1.29 is 19.1 Å². The molecule has 22 heavy (non-hydrogen) atoms. The van der Waals surface area contributed by atoms with Crippen molar-refractivity contribution in [2.24, 2.45) is 0 Å². The molecule has 10 heteroatoms. The van der Waals surface area contributed by atoms with E-state index < -0.39 is 0 Å². The summed E-state index contributed by atoms with van der Waals surface area (Å²) in [6, 6.07) is 9.61. The Bertz CT molecular complexity index is 872. The first kappa shape index (κ1) is 13.1. The first-order valence-electron chi connectivity index (χ1n) is 5.76. The first-order chi connectivity index (χ1) is 10.7. The molecular formula is C12H4N6O4. The minimum atomic E-state index is -0.309. The number of rotatable bonds is 2. The molecule has 0 bridgehead atoms. The summed E-state index contributed by atoms with van der Waals surface area (Å²) < 4.78 is 8.77. The molecule has 0 atom stereocenters. The zero-order chi connectivity index (χ0) is 15.7. The second-order valence-corrected chi connectivity index (χ2v) is 4.06. The number of hydrogen-bond acceptors (Lipinski definition) is 8. The maximum Gasteiger partial charge on any atom is 0.302 e. The largest absolute Gasteiger partial charge is 0.358 e. The van der Waals surface area contributed by atoms with E-state index in [1.807, 2.05) is 0 Å². The van der Waals surface area contributed by atoms with Gasteiger partial charge in [0.15, 0.2) is 12.1 Å². The molecule has 0 fully saturated rings. The summed E-state index contributed by atoms with van der Waals surface area (Å²) in [5.41, 5.74) is 0.231. The normalized spacial score (nSPS) is 10.1.